The highest BCUT2D eigenvalue weighted by Gasteiger charge is 2.36. The van der Waals surface area contributed by atoms with E-state index in [1.54, 1.807) is 0 Å². The molecule has 0 spiro atoms. The van der Waals surface area contributed by atoms with Crippen LogP contribution in [0.25, 0.3) is 0 Å². The first-order valence-electron chi connectivity index (χ1n) is 7.90. The minimum atomic E-state index is 0.411. The van der Waals surface area contributed by atoms with Gasteiger partial charge in [-0.25, -0.2) is 0 Å². The average Bonchev–Trinajstić information content (AvgIpc) is 3.02. The molecule has 2 saturated carbocycles. The van der Waals surface area contributed by atoms with Crippen LogP contribution in [0.1, 0.15) is 72.1 Å². The van der Waals surface area contributed by atoms with E-state index in [-0.39, 0.29) is 0 Å². The Morgan fingerprint density at radius 1 is 1.11 bits per heavy atom. The van der Waals surface area contributed by atoms with Crippen LogP contribution in [0.4, 0.5) is 0 Å². The highest BCUT2D eigenvalue weighted by Crippen LogP contribution is 2.33. The van der Waals surface area contributed by atoms with E-state index >= 15 is 0 Å². The maximum atomic E-state index is 12.5. The Morgan fingerprint density at radius 3 is 2.22 bits per heavy atom. The number of carbonyl (C=O) groups is 1. The van der Waals surface area contributed by atoms with Gasteiger partial charge >= 0.3 is 0 Å². The summed E-state index contributed by atoms with van der Waals surface area (Å²) in [6.45, 7) is 6.67. The lowest BCUT2D eigenvalue weighted by Crippen LogP contribution is -2.43. The van der Waals surface area contributed by atoms with E-state index < -0.39 is 0 Å². The van der Waals surface area contributed by atoms with Crippen LogP contribution in [0.2, 0.25) is 0 Å². The zero-order valence-corrected chi connectivity index (χ0v) is 12.3. The second-order valence-corrected chi connectivity index (χ2v) is 6.71. The molecule has 0 aromatic rings. The molecule has 0 bridgehead atoms. The molecule has 2 aliphatic rings. The SMILES string of the molecule is CC(C)C(C)N(C(=O)CCC1CCCC1)C1CC1. The Labute approximate surface area is 112 Å². The highest BCUT2D eigenvalue weighted by molar-refractivity contribution is 5.77. The summed E-state index contributed by atoms with van der Waals surface area (Å²) in [7, 11) is 0. The molecular weight excluding hydrogens is 222 g/mol. The number of carbonyl (C=O) groups excluding carboxylic acids is 1. The summed E-state index contributed by atoms with van der Waals surface area (Å²) >= 11 is 0. The molecule has 0 saturated heterocycles. The maximum absolute atomic E-state index is 12.5. The van der Waals surface area contributed by atoms with E-state index in [1.807, 2.05) is 0 Å². The Bertz CT molecular complexity index is 277. The summed E-state index contributed by atoms with van der Waals surface area (Å²) in [5, 5.41) is 0. The van der Waals surface area contributed by atoms with E-state index in [0.717, 1.165) is 18.8 Å². The number of rotatable bonds is 6. The van der Waals surface area contributed by atoms with Gasteiger partial charge in [-0.3, -0.25) is 4.79 Å². The first kappa shape index (κ1) is 13.9. The molecule has 18 heavy (non-hydrogen) atoms. The van der Waals surface area contributed by atoms with Crippen molar-refractivity contribution in [2.45, 2.75) is 84.2 Å². The standard InChI is InChI=1S/C16H29NO/c1-12(2)13(3)17(15-9-10-15)16(18)11-8-14-6-4-5-7-14/h12-15H,4-11H2,1-3H3. The lowest BCUT2D eigenvalue weighted by Gasteiger charge is -2.32. The van der Waals surface area contributed by atoms with Crippen molar-refractivity contribution in [2.24, 2.45) is 11.8 Å². The van der Waals surface area contributed by atoms with Gasteiger partial charge in [0.05, 0.1) is 0 Å². The first-order valence-corrected chi connectivity index (χ1v) is 7.90. The molecule has 0 aromatic carbocycles. The maximum Gasteiger partial charge on any atom is 0.223 e. The molecule has 2 aliphatic carbocycles. The zero-order valence-electron chi connectivity index (χ0n) is 12.3. The number of hydrogen-bond donors (Lipinski definition) is 0. The average molecular weight is 251 g/mol. The third-order valence-corrected chi connectivity index (χ3v) is 4.87. The summed E-state index contributed by atoms with van der Waals surface area (Å²) in [6.07, 6.45) is 9.86. The van der Waals surface area contributed by atoms with Gasteiger partial charge in [0.25, 0.3) is 0 Å². The molecule has 2 fully saturated rings. The largest absolute Gasteiger partial charge is 0.337 e. The van der Waals surface area contributed by atoms with Crippen LogP contribution < -0.4 is 0 Å². The molecule has 2 rings (SSSR count). The molecule has 0 aliphatic heterocycles. The summed E-state index contributed by atoms with van der Waals surface area (Å²) in [5.41, 5.74) is 0. The monoisotopic (exact) mass is 251 g/mol. The third kappa shape index (κ3) is 3.49. The van der Waals surface area contributed by atoms with Gasteiger partial charge in [0.2, 0.25) is 5.91 Å². The molecule has 2 heteroatoms. The second-order valence-electron chi connectivity index (χ2n) is 6.71. The fraction of sp³-hybridized carbons (Fsp3) is 0.938. The molecular formula is C16H29NO. The van der Waals surface area contributed by atoms with Crippen molar-refractivity contribution in [3.8, 4) is 0 Å². The highest BCUT2D eigenvalue weighted by atomic mass is 16.2. The van der Waals surface area contributed by atoms with E-state index in [0.29, 0.717) is 23.9 Å². The molecule has 1 unspecified atom stereocenters. The number of amides is 1. The van der Waals surface area contributed by atoms with Crippen LogP contribution in [-0.4, -0.2) is 22.9 Å². The topological polar surface area (TPSA) is 20.3 Å². The van der Waals surface area contributed by atoms with Gasteiger partial charge in [-0.2, -0.15) is 0 Å². The van der Waals surface area contributed by atoms with Crippen molar-refractivity contribution in [2.75, 3.05) is 0 Å². The van der Waals surface area contributed by atoms with Crippen molar-refractivity contribution in [1.82, 2.24) is 4.90 Å². The molecule has 0 radical (unpaired) electrons. The van der Waals surface area contributed by atoms with Crippen molar-refractivity contribution < 1.29 is 4.79 Å². The fourth-order valence-corrected chi connectivity index (χ4v) is 3.19. The summed E-state index contributed by atoms with van der Waals surface area (Å²) in [4.78, 5) is 14.7. The summed E-state index contributed by atoms with van der Waals surface area (Å²) in [5.74, 6) is 1.83. The fourth-order valence-electron chi connectivity index (χ4n) is 3.19. The van der Waals surface area contributed by atoms with Gasteiger partial charge in [0.1, 0.15) is 0 Å². The van der Waals surface area contributed by atoms with Crippen molar-refractivity contribution in [1.29, 1.82) is 0 Å². The van der Waals surface area contributed by atoms with E-state index in [2.05, 4.69) is 25.7 Å². The van der Waals surface area contributed by atoms with Gasteiger partial charge in [0, 0.05) is 18.5 Å². The van der Waals surface area contributed by atoms with Gasteiger partial charge in [-0.05, 0) is 38.0 Å². The Kier molecular flexibility index (Phi) is 4.69. The normalized spacial score (nSPS) is 22.4. The van der Waals surface area contributed by atoms with E-state index in [4.69, 9.17) is 0 Å². The Balaban J connectivity index is 1.83. The predicted octanol–water partition coefficient (Wildman–Crippen LogP) is 3.99. The molecule has 0 aromatic heterocycles. The van der Waals surface area contributed by atoms with Crippen LogP contribution >= 0.6 is 0 Å². The molecule has 104 valence electrons. The van der Waals surface area contributed by atoms with Crippen LogP contribution in [0.5, 0.6) is 0 Å². The smallest absolute Gasteiger partial charge is 0.223 e. The molecule has 0 heterocycles. The minimum absolute atomic E-state index is 0.411. The third-order valence-electron chi connectivity index (χ3n) is 4.87. The molecule has 2 nitrogen and oxygen atoms in total. The van der Waals surface area contributed by atoms with Crippen LogP contribution in [0, 0.1) is 11.8 Å². The number of hydrogen-bond acceptors (Lipinski definition) is 1. The molecule has 1 amide bonds. The number of nitrogens with zero attached hydrogens (tertiary/aromatic N) is 1. The van der Waals surface area contributed by atoms with Gasteiger partial charge in [-0.15, -0.1) is 0 Å². The van der Waals surface area contributed by atoms with Gasteiger partial charge in [0.15, 0.2) is 0 Å². The van der Waals surface area contributed by atoms with Crippen LogP contribution in [-0.2, 0) is 4.79 Å². The molecule has 0 N–H and O–H groups in total. The van der Waals surface area contributed by atoms with Gasteiger partial charge < -0.3 is 4.90 Å². The molecule has 1 atom stereocenters. The summed E-state index contributed by atoms with van der Waals surface area (Å²) in [6, 6.07) is 0.979. The Morgan fingerprint density at radius 2 is 1.72 bits per heavy atom. The van der Waals surface area contributed by atoms with Crippen molar-refractivity contribution >= 4 is 5.91 Å². The van der Waals surface area contributed by atoms with E-state index in [1.165, 1.54) is 38.5 Å². The summed E-state index contributed by atoms with van der Waals surface area (Å²) < 4.78 is 0. The second kappa shape index (κ2) is 6.08. The minimum Gasteiger partial charge on any atom is -0.337 e. The van der Waals surface area contributed by atoms with Crippen molar-refractivity contribution in [3.63, 3.8) is 0 Å². The lowest BCUT2D eigenvalue weighted by molar-refractivity contribution is -0.135. The lowest BCUT2D eigenvalue weighted by atomic mass is 9.99. The Hall–Kier alpha value is -0.530. The zero-order chi connectivity index (χ0) is 13.1. The first-order chi connectivity index (χ1) is 8.59. The predicted molar refractivity (Wildman–Crippen MR) is 75.4 cm³/mol. The van der Waals surface area contributed by atoms with Crippen LogP contribution in [0.3, 0.4) is 0 Å². The van der Waals surface area contributed by atoms with E-state index in [9.17, 15) is 4.79 Å². The van der Waals surface area contributed by atoms with Crippen LogP contribution in [0.15, 0.2) is 0 Å². The van der Waals surface area contributed by atoms with Crippen molar-refractivity contribution in [3.05, 3.63) is 0 Å². The quantitative estimate of drug-likeness (QED) is 0.699. The van der Waals surface area contributed by atoms with Gasteiger partial charge in [-0.1, -0.05) is 39.5 Å².